The summed E-state index contributed by atoms with van der Waals surface area (Å²) in [5, 5.41) is 12.6. The van der Waals surface area contributed by atoms with E-state index in [9.17, 15) is 0 Å². The van der Waals surface area contributed by atoms with Crippen LogP contribution < -0.4 is 5.32 Å². The monoisotopic (exact) mass is 227 g/mol. The van der Waals surface area contributed by atoms with Crippen LogP contribution >= 0.6 is 0 Å². The Hall–Kier alpha value is -0.120. The molecule has 2 atom stereocenters. The standard InChI is InChI=1S/C13H25NO2/c1-16-13-6-2-10(3-7-13)8-11-4-5-12(9-15)14-11/h10-15H,2-9H2,1H3. The second-order valence-electron chi connectivity index (χ2n) is 5.43. The van der Waals surface area contributed by atoms with Crippen molar-refractivity contribution in [3.05, 3.63) is 0 Å². The van der Waals surface area contributed by atoms with Crippen LogP contribution in [0, 0.1) is 5.92 Å². The van der Waals surface area contributed by atoms with E-state index in [1.165, 1.54) is 38.5 Å². The van der Waals surface area contributed by atoms with E-state index in [0.717, 1.165) is 12.3 Å². The van der Waals surface area contributed by atoms with Crippen LogP contribution in [-0.4, -0.2) is 37.0 Å². The highest BCUT2D eigenvalue weighted by Gasteiger charge is 2.28. The highest BCUT2D eigenvalue weighted by atomic mass is 16.5. The molecule has 0 aromatic carbocycles. The Morgan fingerprint density at radius 3 is 2.31 bits per heavy atom. The lowest BCUT2D eigenvalue weighted by Gasteiger charge is -2.29. The first-order valence-corrected chi connectivity index (χ1v) is 6.71. The molecular formula is C13H25NO2. The molecule has 1 heterocycles. The van der Waals surface area contributed by atoms with Gasteiger partial charge in [0, 0.05) is 19.2 Å². The van der Waals surface area contributed by atoms with E-state index >= 15 is 0 Å². The Morgan fingerprint density at radius 2 is 1.75 bits per heavy atom. The normalized spacial score (nSPS) is 40.1. The molecule has 0 aromatic heterocycles. The first-order valence-electron chi connectivity index (χ1n) is 6.71. The second-order valence-corrected chi connectivity index (χ2v) is 5.43. The summed E-state index contributed by atoms with van der Waals surface area (Å²) in [6.45, 7) is 0.299. The van der Waals surface area contributed by atoms with Gasteiger partial charge in [0.25, 0.3) is 0 Å². The van der Waals surface area contributed by atoms with Crippen LogP contribution in [0.25, 0.3) is 0 Å². The smallest absolute Gasteiger partial charge is 0.0584 e. The van der Waals surface area contributed by atoms with Crippen molar-refractivity contribution in [2.75, 3.05) is 13.7 Å². The van der Waals surface area contributed by atoms with Gasteiger partial charge in [-0.1, -0.05) is 0 Å². The number of aliphatic hydroxyl groups excluding tert-OH is 1. The molecule has 2 fully saturated rings. The second kappa shape index (κ2) is 5.99. The van der Waals surface area contributed by atoms with Crippen LogP contribution in [0.15, 0.2) is 0 Å². The zero-order valence-corrected chi connectivity index (χ0v) is 10.3. The lowest BCUT2D eigenvalue weighted by atomic mass is 9.83. The van der Waals surface area contributed by atoms with Crippen molar-refractivity contribution >= 4 is 0 Å². The minimum Gasteiger partial charge on any atom is -0.395 e. The molecule has 0 amide bonds. The Bertz CT molecular complexity index is 202. The molecule has 2 unspecified atom stereocenters. The molecule has 2 N–H and O–H groups in total. The lowest BCUT2D eigenvalue weighted by molar-refractivity contribution is 0.0540. The average molecular weight is 227 g/mol. The highest BCUT2D eigenvalue weighted by molar-refractivity contribution is 4.86. The molecule has 1 aliphatic heterocycles. The zero-order chi connectivity index (χ0) is 11.4. The molecule has 16 heavy (non-hydrogen) atoms. The minimum atomic E-state index is 0.299. The molecule has 1 saturated heterocycles. The van der Waals surface area contributed by atoms with Gasteiger partial charge < -0.3 is 15.2 Å². The summed E-state index contributed by atoms with van der Waals surface area (Å²) in [7, 11) is 1.83. The van der Waals surface area contributed by atoms with E-state index in [-0.39, 0.29) is 0 Å². The molecule has 0 spiro atoms. The van der Waals surface area contributed by atoms with Gasteiger partial charge in [0.15, 0.2) is 0 Å². The number of hydrogen-bond donors (Lipinski definition) is 2. The summed E-state index contributed by atoms with van der Waals surface area (Å²) < 4.78 is 5.40. The van der Waals surface area contributed by atoms with Crippen LogP contribution in [0.1, 0.15) is 44.9 Å². The van der Waals surface area contributed by atoms with Crippen LogP contribution in [0.5, 0.6) is 0 Å². The van der Waals surface area contributed by atoms with Gasteiger partial charge in [-0.15, -0.1) is 0 Å². The predicted molar refractivity (Wildman–Crippen MR) is 64.4 cm³/mol. The Balaban J connectivity index is 1.67. The zero-order valence-electron chi connectivity index (χ0n) is 10.3. The number of methoxy groups -OCH3 is 1. The summed E-state index contributed by atoms with van der Waals surface area (Å²) in [6.07, 6.45) is 9.31. The van der Waals surface area contributed by atoms with Crippen molar-refractivity contribution in [3.8, 4) is 0 Å². The molecule has 1 aliphatic carbocycles. The molecule has 0 bridgehead atoms. The van der Waals surface area contributed by atoms with Crippen LogP contribution in [0.3, 0.4) is 0 Å². The van der Waals surface area contributed by atoms with Gasteiger partial charge in [-0.05, 0) is 50.9 Å². The maximum absolute atomic E-state index is 9.08. The number of rotatable bonds is 4. The van der Waals surface area contributed by atoms with E-state index in [4.69, 9.17) is 9.84 Å². The topological polar surface area (TPSA) is 41.5 Å². The molecule has 94 valence electrons. The summed E-state index contributed by atoms with van der Waals surface area (Å²) in [4.78, 5) is 0. The van der Waals surface area contributed by atoms with Crippen molar-refractivity contribution in [2.45, 2.75) is 63.1 Å². The van der Waals surface area contributed by atoms with E-state index in [2.05, 4.69) is 5.32 Å². The Labute approximate surface area is 98.6 Å². The van der Waals surface area contributed by atoms with E-state index in [1.807, 2.05) is 7.11 Å². The summed E-state index contributed by atoms with van der Waals surface area (Å²) >= 11 is 0. The SMILES string of the molecule is COC1CCC(CC2CCC(CO)N2)CC1. The van der Waals surface area contributed by atoms with Gasteiger partial charge in [0.2, 0.25) is 0 Å². The molecule has 3 nitrogen and oxygen atoms in total. The van der Waals surface area contributed by atoms with Crippen LogP contribution in [-0.2, 0) is 4.74 Å². The van der Waals surface area contributed by atoms with Crippen molar-refractivity contribution in [1.82, 2.24) is 5.32 Å². The fourth-order valence-electron chi connectivity index (χ4n) is 3.24. The molecule has 1 saturated carbocycles. The Kier molecular flexibility index (Phi) is 4.62. The van der Waals surface area contributed by atoms with Crippen LogP contribution in [0.4, 0.5) is 0 Å². The fourth-order valence-corrected chi connectivity index (χ4v) is 3.24. The third-order valence-electron chi connectivity index (χ3n) is 4.30. The predicted octanol–water partition coefficient (Wildman–Crippen LogP) is 1.69. The number of nitrogens with one attached hydrogen (secondary N) is 1. The van der Waals surface area contributed by atoms with E-state index in [0.29, 0.717) is 24.8 Å². The third kappa shape index (κ3) is 3.19. The molecule has 3 heteroatoms. The van der Waals surface area contributed by atoms with E-state index in [1.54, 1.807) is 0 Å². The summed E-state index contributed by atoms with van der Waals surface area (Å²) in [5.41, 5.74) is 0. The van der Waals surface area contributed by atoms with Gasteiger partial charge in [-0.25, -0.2) is 0 Å². The van der Waals surface area contributed by atoms with Crippen LogP contribution in [0.2, 0.25) is 0 Å². The van der Waals surface area contributed by atoms with Gasteiger partial charge in [0.05, 0.1) is 12.7 Å². The van der Waals surface area contributed by atoms with Crippen molar-refractivity contribution in [1.29, 1.82) is 0 Å². The summed E-state index contributed by atoms with van der Waals surface area (Å²) in [6, 6.07) is 1.02. The maximum Gasteiger partial charge on any atom is 0.0584 e. The maximum atomic E-state index is 9.08. The molecular weight excluding hydrogens is 202 g/mol. The van der Waals surface area contributed by atoms with Gasteiger partial charge in [-0.2, -0.15) is 0 Å². The summed E-state index contributed by atoms with van der Waals surface area (Å²) in [5.74, 6) is 0.876. The highest BCUT2D eigenvalue weighted by Crippen LogP contribution is 2.31. The first kappa shape index (κ1) is 12.3. The van der Waals surface area contributed by atoms with Gasteiger partial charge in [-0.3, -0.25) is 0 Å². The Morgan fingerprint density at radius 1 is 1.06 bits per heavy atom. The number of hydrogen-bond acceptors (Lipinski definition) is 3. The largest absolute Gasteiger partial charge is 0.395 e. The van der Waals surface area contributed by atoms with Crippen molar-refractivity contribution in [2.24, 2.45) is 5.92 Å². The molecule has 2 rings (SSSR count). The molecule has 0 radical (unpaired) electrons. The first-order chi connectivity index (χ1) is 7.81. The van der Waals surface area contributed by atoms with E-state index < -0.39 is 0 Å². The van der Waals surface area contributed by atoms with Crippen molar-refractivity contribution in [3.63, 3.8) is 0 Å². The number of ether oxygens (including phenoxy) is 1. The molecule has 0 aromatic rings. The lowest BCUT2D eigenvalue weighted by Crippen LogP contribution is -2.34. The quantitative estimate of drug-likeness (QED) is 0.768. The van der Waals surface area contributed by atoms with Gasteiger partial charge >= 0.3 is 0 Å². The minimum absolute atomic E-state index is 0.299. The third-order valence-corrected chi connectivity index (χ3v) is 4.30. The van der Waals surface area contributed by atoms with Gasteiger partial charge in [0.1, 0.15) is 0 Å². The molecule has 2 aliphatic rings. The fraction of sp³-hybridized carbons (Fsp3) is 1.00. The number of aliphatic hydroxyl groups is 1. The van der Waals surface area contributed by atoms with Crippen molar-refractivity contribution < 1.29 is 9.84 Å². The average Bonchev–Trinajstić information content (AvgIpc) is 2.78.